The van der Waals surface area contributed by atoms with Gasteiger partial charge in [0.1, 0.15) is 5.75 Å². The molecule has 0 saturated heterocycles. The fourth-order valence-electron chi connectivity index (χ4n) is 1.70. The standard InChI is InChI=1S/C15H11N3O2/c19-13-7-2-1-6-12(13)15-17-14(18-20-15)9-8-11-5-3-4-10-16-11/h1-10,19H/b9-8+. The lowest BCUT2D eigenvalue weighted by Gasteiger charge is -1.96. The molecule has 5 heteroatoms. The topological polar surface area (TPSA) is 72.0 Å². The summed E-state index contributed by atoms with van der Waals surface area (Å²) >= 11 is 0. The van der Waals surface area contributed by atoms with Crippen molar-refractivity contribution in [2.75, 3.05) is 0 Å². The van der Waals surface area contributed by atoms with Crippen LogP contribution in [0, 0.1) is 0 Å². The van der Waals surface area contributed by atoms with Gasteiger partial charge in [-0.25, -0.2) is 0 Å². The number of phenols is 1. The van der Waals surface area contributed by atoms with E-state index in [1.54, 1.807) is 42.6 Å². The monoisotopic (exact) mass is 265 g/mol. The van der Waals surface area contributed by atoms with Crippen LogP contribution in [0.4, 0.5) is 0 Å². The second kappa shape index (κ2) is 5.36. The van der Waals surface area contributed by atoms with Gasteiger partial charge < -0.3 is 9.63 Å². The van der Waals surface area contributed by atoms with E-state index in [0.717, 1.165) is 5.69 Å². The van der Waals surface area contributed by atoms with Crippen molar-refractivity contribution in [1.82, 2.24) is 15.1 Å². The molecule has 1 aromatic carbocycles. The molecule has 0 aliphatic heterocycles. The molecule has 0 unspecified atom stereocenters. The van der Waals surface area contributed by atoms with Gasteiger partial charge in [0.15, 0.2) is 5.82 Å². The third-order valence-corrected chi connectivity index (χ3v) is 2.67. The van der Waals surface area contributed by atoms with Crippen molar-refractivity contribution >= 4 is 12.2 Å². The molecule has 0 bridgehead atoms. The molecule has 98 valence electrons. The Kier molecular flexibility index (Phi) is 3.24. The van der Waals surface area contributed by atoms with E-state index in [1.807, 2.05) is 18.2 Å². The van der Waals surface area contributed by atoms with Gasteiger partial charge in [-0.2, -0.15) is 4.98 Å². The fourth-order valence-corrected chi connectivity index (χ4v) is 1.70. The Balaban J connectivity index is 1.85. The predicted octanol–water partition coefficient (Wildman–Crippen LogP) is 3.01. The summed E-state index contributed by atoms with van der Waals surface area (Å²) in [5.41, 5.74) is 1.32. The molecule has 0 amide bonds. The Morgan fingerprint density at radius 1 is 1.00 bits per heavy atom. The highest BCUT2D eigenvalue weighted by Gasteiger charge is 2.10. The summed E-state index contributed by atoms with van der Waals surface area (Å²) in [5, 5.41) is 13.6. The van der Waals surface area contributed by atoms with Crippen LogP contribution in [0.2, 0.25) is 0 Å². The van der Waals surface area contributed by atoms with Crippen LogP contribution in [0.3, 0.4) is 0 Å². The van der Waals surface area contributed by atoms with Crippen LogP contribution >= 0.6 is 0 Å². The summed E-state index contributed by atoms with van der Waals surface area (Å²) in [6.45, 7) is 0. The number of hydrogen-bond acceptors (Lipinski definition) is 5. The zero-order valence-corrected chi connectivity index (χ0v) is 10.5. The maximum Gasteiger partial charge on any atom is 0.261 e. The van der Waals surface area contributed by atoms with Gasteiger partial charge in [-0.05, 0) is 36.4 Å². The van der Waals surface area contributed by atoms with Crippen molar-refractivity contribution in [3.8, 4) is 17.2 Å². The highest BCUT2D eigenvalue weighted by Crippen LogP contribution is 2.26. The minimum Gasteiger partial charge on any atom is -0.507 e. The van der Waals surface area contributed by atoms with Crippen LogP contribution in [-0.4, -0.2) is 20.2 Å². The first kappa shape index (κ1) is 12.1. The minimum atomic E-state index is 0.108. The summed E-state index contributed by atoms with van der Waals surface area (Å²) in [4.78, 5) is 8.36. The molecule has 0 atom stereocenters. The fraction of sp³-hybridized carbons (Fsp3) is 0. The quantitative estimate of drug-likeness (QED) is 0.788. The van der Waals surface area contributed by atoms with E-state index < -0.39 is 0 Å². The first-order valence-electron chi connectivity index (χ1n) is 6.04. The molecule has 0 aliphatic rings. The van der Waals surface area contributed by atoms with Gasteiger partial charge in [-0.15, -0.1) is 0 Å². The number of phenolic OH excluding ortho intramolecular Hbond substituents is 1. The van der Waals surface area contributed by atoms with E-state index in [4.69, 9.17) is 4.52 Å². The first-order valence-corrected chi connectivity index (χ1v) is 6.04. The van der Waals surface area contributed by atoms with Crippen LogP contribution in [0.5, 0.6) is 5.75 Å². The molecule has 0 radical (unpaired) electrons. The molecule has 2 heterocycles. The maximum atomic E-state index is 9.73. The van der Waals surface area contributed by atoms with Gasteiger partial charge in [-0.1, -0.05) is 23.4 Å². The summed E-state index contributed by atoms with van der Waals surface area (Å²) in [6.07, 6.45) is 5.21. The molecule has 1 N–H and O–H groups in total. The molecule has 0 saturated carbocycles. The summed E-state index contributed by atoms with van der Waals surface area (Å²) < 4.78 is 5.13. The SMILES string of the molecule is Oc1ccccc1-c1nc(/C=C/c2ccccn2)no1. The van der Waals surface area contributed by atoms with Crippen molar-refractivity contribution in [1.29, 1.82) is 0 Å². The van der Waals surface area contributed by atoms with Crippen LogP contribution in [0.15, 0.2) is 53.2 Å². The lowest BCUT2D eigenvalue weighted by Crippen LogP contribution is -1.80. The second-order valence-electron chi connectivity index (χ2n) is 4.06. The molecule has 2 aromatic heterocycles. The van der Waals surface area contributed by atoms with Crippen molar-refractivity contribution in [3.05, 3.63) is 60.2 Å². The Hall–Kier alpha value is -2.95. The highest BCUT2D eigenvalue weighted by molar-refractivity contribution is 5.66. The molecule has 0 aliphatic carbocycles. The van der Waals surface area contributed by atoms with E-state index in [2.05, 4.69) is 15.1 Å². The van der Waals surface area contributed by atoms with E-state index in [1.165, 1.54) is 0 Å². The molecule has 3 aromatic rings. The molecule has 0 spiro atoms. The summed E-state index contributed by atoms with van der Waals surface area (Å²) in [5.74, 6) is 0.814. The maximum absolute atomic E-state index is 9.73. The van der Waals surface area contributed by atoms with Crippen molar-refractivity contribution in [3.63, 3.8) is 0 Å². The predicted molar refractivity (Wildman–Crippen MR) is 74.6 cm³/mol. The van der Waals surface area contributed by atoms with E-state index in [-0.39, 0.29) is 11.6 Å². The number of aromatic hydroxyl groups is 1. The molecule has 3 rings (SSSR count). The molecule has 20 heavy (non-hydrogen) atoms. The van der Waals surface area contributed by atoms with Crippen LogP contribution in [0.25, 0.3) is 23.6 Å². The number of pyridine rings is 1. The highest BCUT2D eigenvalue weighted by atomic mass is 16.5. The molecular weight excluding hydrogens is 254 g/mol. The van der Waals surface area contributed by atoms with Gasteiger partial charge in [0.05, 0.1) is 11.3 Å². The number of rotatable bonds is 3. The third-order valence-electron chi connectivity index (χ3n) is 2.67. The molecular formula is C15H11N3O2. The molecule has 5 nitrogen and oxygen atoms in total. The van der Waals surface area contributed by atoms with Crippen molar-refractivity contribution in [2.24, 2.45) is 0 Å². The second-order valence-corrected chi connectivity index (χ2v) is 4.06. The average Bonchev–Trinajstić information content (AvgIpc) is 2.95. The van der Waals surface area contributed by atoms with Gasteiger partial charge >= 0.3 is 0 Å². The normalized spacial score (nSPS) is 11.0. The summed E-state index contributed by atoms with van der Waals surface area (Å²) in [6, 6.07) is 12.4. The number of benzene rings is 1. The van der Waals surface area contributed by atoms with E-state index in [0.29, 0.717) is 11.4 Å². The first-order chi connectivity index (χ1) is 9.83. The van der Waals surface area contributed by atoms with Gasteiger partial charge in [0.2, 0.25) is 0 Å². The van der Waals surface area contributed by atoms with Gasteiger partial charge in [0, 0.05) is 6.20 Å². The van der Waals surface area contributed by atoms with Crippen LogP contribution in [0.1, 0.15) is 11.5 Å². The number of aromatic nitrogens is 3. The number of para-hydroxylation sites is 1. The Labute approximate surface area is 115 Å². The Morgan fingerprint density at radius 3 is 2.65 bits per heavy atom. The lowest BCUT2D eigenvalue weighted by atomic mass is 10.2. The lowest BCUT2D eigenvalue weighted by molar-refractivity contribution is 0.423. The minimum absolute atomic E-state index is 0.108. The van der Waals surface area contributed by atoms with Gasteiger partial charge in [-0.3, -0.25) is 4.98 Å². The molecule has 0 fully saturated rings. The largest absolute Gasteiger partial charge is 0.507 e. The van der Waals surface area contributed by atoms with E-state index >= 15 is 0 Å². The van der Waals surface area contributed by atoms with Gasteiger partial charge in [0.25, 0.3) is 5.89 Å². The van der Waals surface area contributed by atoms with E-state index in [9.17, 15) is 5.11 Å². The smallest absolute Gasteiger partial charge is 0.261 e. The van der Waals surface area contributed by atoms with Crippen molar-refractivity contribution in [2.45, 2.75) is 0 Å². The number of nitrogens with zero attached hydrogens (tertiary/aromatic N) is 3. The Bertz CT molecular complexity index is 736. The summed E-state index contributed by atoms with van der Waals surface area (Å²) in [7, 11) is 0. The van der Waals surface area contributed by atoms with Crippen molar-refractivity contribution < 1.29 is 9.63 Å². The van der Waals surface area contributed by atoms with Crippen LogP contribution in [-0.2, 0) is 0 Å². The Morgan fingerprint density at radius 2 is 1.85 bits per heavy atom. The zero-order chi connectivity index (χ0) is 13.8. The zero-order valence-electron chi connectivity index (χ0n) is 10.5. The third kappa shape index (κ3) is 2.56. The average molecular weight is 265 g/mol. The van der Waals surface area contributed by atoms with Crippen LogP contribution < -0.4 is 0 Å². The number of hydrogen-bond donors (Lipinski definition) is 1.